The van der Waals surface area contributed by atoms with Crippen LogP contribution in [0.1, 0.15) is 90.9 Å². The molecular formula is C45H64O11. The minimum Gasteiger partial charge on any atom is -0.479 e. The Hall–Kier alpha value is -4.39. The van der Waals surface area contributed by atoms with E-state index in [0.717, 1.165) is 51.4 Å². The molecule has 4 N–H and O–H groups in total. The SMILES string of the molecule is CC/C=C\C/C=C\C/C=C\C/C=C\C/C=C\CC(=O)OCC(COC1OC(C(=O)O)C(O)C(O)C1O)OC(=O)C/C=C\C/C=C\C/C=C\C/C=C\C/C=C\CC. The summed E-state index contributed by atoms with van der Waals surface area (Å²) >= 11 is 0. The Morgan fingerprint density at radius 2 is 0.893 bits per heavy atom. The van der Waals surface area contributed by atoms with Crippen molar-refractivity contribution in [2.75, 3.05) is 13.2 Å². The van der Waals surface area contributed by atoms with Crippen molar-refractivity contribution in [3.63, 3.8) is 0 Å². The maximum Gasteiger partial charge on any atom is 0.335 e. The lowest BCUT2D eigenvalue weighted by Crippen LogP contribution is -2.60. The van der Waals surface area contributed by atoms with Crippen molar-refractivity contribution in [2.24, 2.45) is 0 Å². The van der Waals surface area contributed by atoms with Gasteiger partial charge in [-0.25, -0.2) is 4.79 Å². The van der Waals surface area contributed by atoms with Gasteiger partial charge in [0.1, 0.15) is 24.9 Å². The van der Waals surface area contributed by atoms with Crippen LogP contribution in [-0.4, -0.2) is 88.4 Å². The van der Waals surface area contributed by atoms with Gasteiger partial charge in [-0.1, -0.05) is 135 Å². The molecule has 0 aromatic carbocycles. The van der Waals surface area contributed by atoms with E-state index >= 15 is 0 Å². The van der Waals surface area contributed by atoms with Crippen molar-refractivity contribution in [3.8, 4) is 0 Å². The number of carboxylic acid groups (broad SMARTS) is 1. The molecule has 11 heteroatoms. The molecule has 56 heavy (non-hydrogen) atoms. The fourth-order valence-corrected chi connectivity index (χ4v) is 4.85. The summed E-state index contributed by atoms with van der Waals surface area (Å²) in [5.74, 6) is -2.79. The number of hydrogen-bond donors (Lipinski definition) is 4. The molecule has 0 spiro atoms. The second-order valence-electron chi connectivity index (χ2n) is 12.7. The molecule has 1 rings (SSSR count). The highest BCUT2D eigenvalue weighted by molar-refractivity contribution is 5.73. The molecule has 0 radical (unpaired) electrons. The molecule has 310 valence electrons. The van der Waals surface area contributed by atoms with Gasteiger partial charge < -0.3 is 39.4 Å². The Morgan fingerprint density at radius 3 is 1.29 bits per heavy atom. The predicted octanol–water partition coefficient (Wildman–Crippen LogP) is 7.63. The smallest absolute Gasteiger partial charge is 0.335 e. The van der Waals surface area contributed by atoms with Crippen molar-refractivity contribution in [2.45, 2.75) is 128 Å². The minimum atomic E-state index is -1.89. The van der Waals surface area contributed by atoms with Gasteiger partial charge in [0.25, 0.3) is 0 Å². The van der Waals surface area contributed by atoms with Gasteiger partial charge in [0.2, 0.25) is 0 Å². The highest BCUT2D eigenvalue weighted by Crippen LogP contribution is 2.23. The highest BCUT2D eigenvalue weighted by atomic mass is 16.7. The number of allylic oxidation sites excluding steroid dienone is 18. The third kappa shape index (κ3) is 25.6. The molecule has 11 nitrogen and oxygen atoms in total. The summed E-state index contributed by atoms with van der Waals surface area (Å²) in [5, 5.41) is 39.7. The second kappa shape index (κ2) is 33.9. The normalized spacial score (nSPS) is 21.6. The summed E-state index contributed by atoms with van der Waals surface area (Å²) < 4.78 is 21.4. The average Bonchev–Trinajstić information content (AvgIpc) is 3.18. The van der Waals surface area contributed by atoms with Gasteiger partial charge in [0.05, 0.1) is 19.4 Å². The van der Waals surface area contributed by atoms with Crippen LogP contribution in [0.2, 0.25) is 0 Å². The zero-order valence-electron chi connectivity index (χ0n) is 33.1. The number of esters is 2. The monoisotopic (exact) mass is 780 g/mol. The molecule has 1 aliphatic heterocycles. The average molecular weight is 781 g/mol. The number of carboxylic acids is 1. The van der Waals surface area contributed by atoms with Crippen LogP contribution in [0.25, 0.3) is 0 Å². The summed E-state index contributed by atoms with van der Waals surface area (Å²) in [5.41, 5.74) is 0. The van der Waals surface area contributed by atoms with Crippen LogP contribution >= 0.6 is 0 Å². The first kappa shape index (κ1) is 49.6. The van der Waals surface area contributed by atoms with E-state index in [4.69, 9.17) is 18.9 Å². The molecule has 0 aromatic rings. The number of aliphatic hydroxyl groups excluding tert-OH is 3. The van der Waals surface area contributed by atoms with Crippen LogP contribution in [-0.2, 0) is 33.3 Å². The van der Waals surface area contributed by atoms with E-state index < -0.39 is 67.9 Å². The maximum atomic E-state index is 12.6. The summed E-state index contributed by atoms with van der Waals surface area (Å²) in [4.78, 5) is 36.6. The predicted molar refractivity (Wildman–Crippen MR) is 219 cm³/mol. The lowest BCUT2D eigenvalue weighted by molar-refractivity contribution is -0.298. The van der Waals surface area contributed by atoms with Gasteiger partial charge in [-0.05, 0) is 64.2 Å². The summed E-state index contributed by atoms with van der Waals surface area (Å²) in [6, 6.07) is 0. The van der Waals surface area contributed by atoms with Crippen LogP contribution in [0.4, 0.5) is 0 Å². The number of hydrogen-bond acceptors (Lipinski definition) is 10. The van der Waals surface area contributed by atoms with E-state index in [-0.39, 0.29) is 12.8 Å². The van der Waals surface area contributed by atoms with E-state index in [1.807, 2.05) is 36.5 Å². The molecule has 1 saturated heterocycles. The molecule has 0 aliphatic carbocycles. The van der Waals surface area contributed by atoms with E-state index in [2.05, 4.69) is 86.8 Å². The summed E-state index contributed by atoms with van der Waals surface area (Å²) in [7, 11) is 0. The molecule has 1 aliphatic rings. The molecule has 0 bridgehead atoms. The lowest BCUT2D eigenvalue weighted by Gasteiger charge is -2.38. The van der Waals surface area contributed by atoms with E-state index in [1.165, 1.54) is 0 Å². The van der Waals surface area contributed by atoms with E-state index in [0.29, 0.717) is 12.8 Å². The molecule has 6 atom stereocenters. The zero-order chi connectivity index (χ0) is 41.1. The number of rotatable bonds is 29. The van der Waals surface area contributed by atoms with E-state index in [9.17, 15) is 34.8 Å². The standard InChI is InChI=1S/C45H64O11/c1-3-5-7-9-11-13-15-17-19-21-23-25-27-29-31-33-38(46)53-35-37(36-54-45-42(50)40(48)41(49)43(56-45)44(51)52)55-39(47)34-32-30-28-26-24-22-20-18-16-14-12-10-8-6-4-2/h5-8,11-14,17-20,23-26,29-32,37,40-43,45,48-50H,3-4,9-10,15-16,21-22,27-28,33-36H2,1-2H3,(H,51,52)/b7-5-,8-6-,13-11-,14-12-,19-17-,20-18-,25-23-,26-24-,31-29-,32-30-. The Morgan fingerprint density at radius 1 is 0.518 bits per heavy atom. The number of aliphatic hydroxyl groups is 3. The molecule has 0 amide bonds. The third-order valence-corrected chi connectivity index (χ3v) is 7.87. The molecule has 1 fully saturated rings. The van der Waals surface area contributed by atoms with Gasteiger partial charge in [-0.15, -0.1) is 0 Å². The Labute approximate surface area is 333 Å². The van der Waals surface area contributed by atoms with Gasteiger partial charge in [-0.2, -0.15) is 0 Å². The zero-order valence-corrected chi connectivity index (χ0v) is 33.1. The van der Waals surface area contributed by atoms with Crippen LogP contribution in [0.15, 0.2) is 122 Å². The number of ether oxygens (including phenoxy) is 4. The van der Waals surface area contributed by atoms with Crippen LogP contribution < -0.4 is 0 Å². The van der Waals surface area contributed by atoms with Gasteiger partial charge in [-0.3, -0.25) is 9.59 Å². The molecule has 1 heterocycles. The quantitative estimate of drug-likeness (QED) is 0.0435. The molecule has 0 aromatic heterocycles. The lowest BCUT2D eigenvalue weighted by atomic mass is 9.99. The topological polar surface area (TPSA) is 169 Å². The van der Waals surface area contributed by atoms with Crippen molar-refractivity contribution < 1.29 is 53.8 Å². The first-order valence-corrected chi connectivity index (χ1v) is 19.6. The number of carbonyl (C=O) groups is 3. The fraction of sp³-hybridized carbons (Fsp3) is 0.489. The van der Waals surface area contributed by atoms with Crippen molar-refractivity contribution in [1.29, 1.82) is 0 Å². The van der Waals surface area contributed by atoms with Gasteiger partial charge in [0.15, 0.2) is 18.5 Å². The molecule has 0 saturated carbocycles. The van der Waals surface area contributed by atoms with Crippen LogP contribution in [0, 0.1) is 0 Å². The number of carbonyl (C=O) groups excluding carboxylic acids is 2. The van der Waals surface area contributed by atoms with E-state index in [1.54, 1.807) is 12.2 Å². The molecular weight excluding hydrogens is 716 g/mol. The van der Waals surface area contributed by atoms with Crippen molar-refractivity contribution in [1.82, 2.24) is 0 Å². The van der Waals surface area contributed by atoms with Crippen LogP contribution in [0.3, 0.4) is 0 Å². The first-order chi connectivity index (χ1) is 27.2. The third-order valence-electron chi connectivity index (χ3n) is 7.87. The Bertz CT molecular complexity index is 1380. The summed E-state index contributed by atoms with van der Waals surface area (Å²) in [6.45, 7) is 3.36. The Balaban J connectivity index is 2.58. The number of aliphatic carboxylic acids is 1. The fourth-order valence-electron chi connectivity index (χ4n) is 4.85. The summed E-state index contributed by atoms with van der Waals surface area (Å²) in [6.07, 6.45) is 38.8. The van der Waals surface area contributed by atoms with Crippen molar-refractivity contribution in [3.05, 3.63) is 122 Å². The maximum absolute atomic E-state index is 12.6. The van der Waals surface area contributed by atoms with Crippen LogP contribution in [0.5, 0.6) is 0 Å². The van der Waals surface area contributed by atoms with Crippen molar-refractivity contribution >= 4 is 17.9 Å². The Kier molecular flexibility index (Phi) is 30.0. The van der Waals surface area contributed by atoms with Gasteiger partial charge >= 0.3 is 17.9 Å². The highest BCUT2D eigenvalue weighted by Gasteiger charge is 2.47. The second-order valence-corrected chi connectivity index (χ2v) is 12.7. The molecule has 6 unspecified atom stereocenters. The van der Waals surface area contributed by atoms with Gasteiger partial charge in [0, 0.05) is 0 Å². The first-order valence-electron chi connectivity index (χ1n) is 19.6. The minimum absolute atomic E-state index is 0.0239. The largest absolute Gasteiger partial charge is 0.479 e.